The predicted octanol–water partition coefficient (Wildman–Crippen LogP) is -0.926. The van der Waals surface area contributed by atoms with Gasteiger partial charge in [0.1, 0.15) is 5.54 Å². The van der Waals surface area contributed by atoms with Gasteiger partial charge < -0.3 is 10.6 Å². The van der Waals surface area contributed by atoms with E-state index in [1.54, 1.807) is 0 Å². The van der Waals surface area contributed by atoms with Crippen LogP contribution in [-0.2, 0) is 0 Å². The van der Waals surface area contributed by atoms with Crippen LogP contribution in [0, 0.1) is 0 Å². The number of nitrogens with one attached hydrogen (secondary N) is 1. The Balaban J connectivity index is 1.91. The topological polar surface area (TPSA) is 28.6 Å². The Morgan fingerprint density at radius 3 is 2.78 bits per heavy atom. The predicted molar refractivity (Wildman–Crippen MR) is 36.2 cm³/mol. The highest BCUT2D eigenvalue weighted by Crippen LogP contribution is 2.30. The van der Waals surface area contributed by atoms with Crippen molar-refractivity contribution in [2.75, 3.05) is 13.1 Å². The average molecular weight is 127 g/mol. The van der Waals surface area contributed by atoms with E-state index in [0.29, 0.717) is 5.54 Å². The van der Waals surface area contributed by atoms with Crippen LogP contribution in [-0.4, -0.2) is 24.7 Å². The molecule has 0 amide bonds. The Labute approximate surface area is 56.0 Å². The number of piperazine rings is 1. The van der Waals surface area contributed by atoms with Crippen LogP contribution in [0.25, 0.3) is 0 Å². The summed E-state index contributed by atoms with van der Waals surface area (Å²) in [7, 11) is 0. The Bertz CT molecular complexity index is 108. The van der Waals surface area contributed by atoms with E-state index in [9.17, 15) is 0 Å². The highest BCUT2D eigenvalue weighted by atomic mass is 15.1. The van der Waals surface area contributed by atoms with Crippen LogP contribution >= 0.6 is 0 Å². The summed E-state index contributed by atoms with van der Waals surface area (Å²) >= 11 is 0. The zero-order valence-electron chi connectivity index (χ0n) is 5.98. The lowest BCUT2D eigenvalue weighted by molar-refractivity contribution is -0.710. The minimum Gasteiger partial charge on any atom is -0.339 e. The summed E-state index contributed by atoms with van der Waals surface area (Å²) in [5.74, 6) is 0. The summed E-state index contributed by atoms with van der Waals surface area (Å²) in [5.41, 5.74) is 0.673. The molecule has 0 aromatic carbocycles. The Kier molecular flexibility index (Phi) is 1.08. The molecule has 0 radical (unpaired) electrons. The molecule has 1 spiro atoms. The lowest BCUT2D eigenvalue weighted by atomic mass is 10.1. The third-order valence-corrected chi connectivity index (χ3v) is 2.60. The molecule has 0 aromatic rings. The maximum atomic E-state index is 3.50. The molecule has 1 aliphatic carbocycles. The van der Waals surface area contributed by atoms with Gasteiger partial charge in [0.05, 0.1) is 19.1 Å². The Morgan fingerprint density at radius 1 is 1.56 bits per heavy atom. The standard InChI is InChI=1S/C7H14N2/c1-6-4-9-7(2-3-7)5-8-6/h6,8-9H,2-5H2,1H3/p+1/t6-/m1/s1. The molecule has 0 unspecified atom stereocenters. The normalized spacial score (nSPS) is 39.0. The van der Waals surface area contributed by atoms with E-state index in [4.69, 9.17) is 0 Å². The molecule has 1 saturated carbocycles. The van der Waals surface area contributed by atoms with Gasteiger partial charge in [-0.2, -0.15) is 0 Å². The first kappa shape index (κ1) is 5.69. The van der Waals surface area contributed by atoms with Crippen LogP contribution in [0.3, 0.4) is 0 Å². The van der Waals surface area contributed by atoms with E-state index in [-0.39, 0.29) is 0 Å². The summed E-state index contributed by atoms with van der Waals surface area (Å²) in [4.78, 5) is 0. The van der Waals surface area contributed by atoms with E-state index in [1.165, 1.54) is 25.9 Å². The van der Waals surface area contributed by atoms with Crippen molar-refractivity contribution in [2.45, 2.75) is 31.3 Å². The molecular formula is C7H15N2+. The zero-order chi connectivity index (χ0) is 6.32. The van der Waals surface area contributed by atoms with Gasteiger partial charge in [0.2, 0.25) is 0 Å². The van der Waals surface area contributed by atoms with E-state index in [2.05, 4.69) is 17.6 Å². The van der Waals surface area contributed by atoms with Gasteiger partial charge in [-0.15, -0.1) is 0 Å². The van der Waals surface area contributed by atoms with Gasteiger partial charge in [-0.3, -0.25) is 0 Å². The van der Waals surface area contributed by atoms with Crippen LogP contribution in [0.15, 0.2) is 0 Å². The molecule has 1 atom stereocenters. The largest absolute Gasteiger partial charge is 0.339 e. The SMILES string of the molecule is C[C@@H]1C[NH2+]C2(CC2)CN1. The van der Waals surface area contributed by atoms with Crippen molar-refractivity contribution in [3.05, 3.63) is 0 Å². The van der Waals surface area contributed by atoms with Crippen molar-refractivity contribution in [1.29, 1.82) is 0 Å². The first-order valence-electron chi connectivity index (χ1n) is 3.89. The summed E-state index contributed by atoms with van der Waals surface area (Å²) < 4.78 is 0. The van der Waals surface area contributed by atoms with Gasteiger partial charge in [-0.1, -0.05) is 0 Å². The van der Waals surface area contributed by atoms with Crippen LogP contribution < -0.4 is 10.6 Å². The van der Waals surface area contributed by atoms with E-state index < -0.39 is 0 Å². The lowest BCUT2D eigenvalue weighted by Gasteiger charge is -2.25. The third kappa shape index (κ3) is 0.970. The molecule has 1 heterocycles. The first-order valence-corrected chi connectivity index (χ1v) is 3.89. The second-order valence-corrected chi connectivity index (χ2v) is 3.58. The fraction of sp³-hybridized carbons (Fsp3) is 1.00. The second kappa shape index (κ2) is 1.70. The maximum absolute atomic E-state index is 3.50. The summed E-state index contributed by atoms with van der Waals surface area (Å²) in [6.07, 6.45) is 2.87. The zero-order valence-corrected chi connectivity index (χ0v) is 5.98. The maximum Gasteiger partial charge on any atom is 0.109 e. The molecular weight excluding hydrogens is 112 g/mol. The molecule has 2 nitrogen and oxygen atoms in total. The van der Waals surface area contributed by atoms with Gasteiger partial charge in [0.15, 0.2) is 0 Å². The Morgan fingerprint density at radius 2 is 2.33 bits per heavy atom. The van der Waals surface area contributed by atoms with Gasteiger partial charge in [-0.05, 0) is 6.92 Å². The minimum absolute atomic E-state index is 0.673. The molecule has 2 heteroatoms. The van der Waals surface area contributed by atoms with Gasteiger partial charge in [0, 0.05) is 12.8 Å². The van der Waals surface area contributed by atoms with Crippen LogP contribution in [0.5, 0.6) is 0 Å². The number of hydrogen-bond donors (Lipinski definition) is 2. The number of quaternary nitrogens is 1. The van der Waals surface area contributed by atoms with Gasteiger partial charge in [0.25, 0.3) is 0 Å². The molecule has 0 aromatic heterocycles. The molecule has 1 aliphatic heterocycles. The number of nitrogens with two attached hydrogens (primary N) is 1. The van der Waals surface area contributed by atoms with Crippen molar-refractivity contribution in [2.24, 2.45) is 0 Å². The molecule has 0 bridgehead atoms. The fourth-order valence-electron chi connectivity index (χ4n) is 1.50. The summed E-state index contributed by atoms with van der Waals surface area (Å²) in [5, 5.41) is 6.03. The number of hydrogen-bond acceptors (Lipinski definition) is 1. The van der Waals surface area contributed by atoms with Crippen LogP contribution in [0.4, 0.5) is 0 Å². The molecule has 9 heavy (non-hydrogen) atoms. The number of rotatable bonds is 0. The fourth-order valence-corrected chi connectivity index (χ4v) is 1.50. The smallest absolute Gasteiger partial charge is 0.109 e. The molecule has 1 saturated heterocycles. The molecule has 2 rings (SSSR count). The Hall–Kier alpha value is -0.0800. The highest BCUT2D eigenvalue weighted by molar-refractivity contribution is 4.96. The van der Waals surface area contributed by atoms with Crippen LogP contribution in [0.1, 0.15) is 19.8 Å². The van der Waals surface area contributed by atoms with Crippen LogP contribution in [0.2, 0.25) is 0 Å². The minimum atomic E-state index is 0.673. The van der Waals surface area contributed by atoms with E-state index in [1.807, 2.05) is 0 Å². The first-order chi connectivity index (χ1) is 4.31. The van der Waals surface area contributed by atoms with Crippen molar-refractivity contribution < 1.29 is 5.32 Å². The molecule has 52 valence electrons. The van der Waals surface area contributed by atoms with Gasteiger partial charge >= 0.3 is 0 Å². The third-order valence-electron chi connectivity index (χ3n) is 2.60. The molecule has 2 aliphatic rings. The van der Waals surface area contributed by atoms with Crippen molar-refractivity contribution >= 4 is 0 Å². The molecule has 2 fully saturated rings. The summed E-state index contributed by atoms with van der Waals surface area (Å²) in [6, 6.07) is 0.733. The van der Waals surface area contributed by atoms with Crippen molar-refractivity contribution in [3.8, 4) is 0 Å². The average Bonchev–Trinajstić information content (AvgIpc) is 2.60. The summed E-state index contributed by atoms with van der Waals surface area (Å²) in [6.45, 7) is 4.78. The molecule has 3 N–H and O–H groups in total. The van der Waals surface area contributed by atoms with E-state index in [0.717, 1.165) is 6.04 Å². The lowest BCUT2D eigenvalue weighted by Crippen LogP contribution is -2.98. The second-order valence-electron chi connectivity index (χ2n) is 3.58. The quantitative estimate of drug-likeness (QED) is 0.432. The monoisotopic (exact) mass is 127 g/mol. The van der Waals surface area contributed by atoms with Crippen molar-refractivity contribution in [3.63, 3.8) is 0 Å². The van der Waals surface area contributed by atoms with E-state index >= 15 is 0 Å². The van der Waals surface area contributed by atoms with Crippen molar-refractivity contribution in [1.82, 2.24) is 5.32 Å². The highest BCUT2D eigenvalue weighted by Gasteiger charge is 2.48. The van der Waals surface area contributed by atoms with Gasteiger partial charge in [-0.25, -0.2) is 0 Å².